The molecule has 1 aliphatic heterocycles. The summed E-state index contributed by atoms with van der Waals surface area (Å²) in [5.41, 5.74) is -1.08. The Morgan fingerprint density at radius 3 is 1.48 bits per heavy atom. The van der Waals surface area contributed by atoms with Crippen molar-refractivity contribution in [2.24, 2.45) is 0 Å². The van der Waals surface area contributed by atoms with Gasteiger partial charge < -0.3 is 44.2 Å². The van der Waals surface area contributed by atoms with Crippen molar-refractivity contribution in [3.05, 3.63) is 41.5 Å². The standard InChI is InChI=1S/C15H14O21S5.5Na/c16-37(17,18)32-8-4-11-9(12(5-8)34-39(22,23)24)6-14(36-41(28,29)30)15(31-11)7-1-2-10(33-38(19,20)21)13(3-7)35-40(25,26)27;;;;;/h1-5,14-15H,6H2,(H,16,17,18)(H,19,20,21)(H,22,23,24)(H,25,26,27)(H,28,29,30);;;;;/q;5*+1/p-5/t14-,15-;;;;;/m1...../s1. The summed E-state index contributed by atoms with van der Waals surface area (Å²) in [6, 6.07) is 2.74. The molecule has 1 heterocycles. The third kappa shape index (κ3) is 17.9. The molecule has 0 saturated heterocycles. The molecule has 0 amide bonds. The molecule has 0 aromatic heterocycles. The summed E-state index contributed by atoms with van der Waals surface area (Å²) in [4.78, 5) is 0. The first-order valence-electron chi connectivity index (χ1n) is 9.60. The maximum atomic E-state index is 11.4. The Morgan fingerprint density at radius 2 is 1.02 bits per heavy atom. The first-order chi connectivity index (χ1) is 18.4. The van der Waals surface area contributed by atoms with Crippen molar-refractivity contribution < 1.29 is 238 Å². The summed E-state index contributed by atoms with van der Waals surface area (Å²) in [6.07, 6.45) is -4.92. The SMILES string of the molecule is O=S(=O)([O-])Oc1cc2c(c(OS(=O)(=O)[O-])c1)C[C@@H](OS(=O)(=O)[O-])[C@@H](c1ccc(OS(=O)(=O)[O-])c(OS(=O)(=O)[O-])c1)O2.[Na+].[Na+].[Na+].[Na+].[Na+]. The van der Waals surface area contributed by atoms with E-state index in [0.717, 1.165) is 6.07 Å². The minimum Gasteiger partial charge on any atom is -0.726 e. The Bertz CT molecular complexity index is 1920. The number of hydrogen-bond acceptors (Lipinski definition) is 21. The van der Waals surface area contributed by atoms with Crippen molar-refractivity contribution >= 4 is 52.0 Å². The Labute approximate surface area is 373 Å². The van der Waals surface area contributed by atoms with Crippen LogP contribution in [0.1, 0.15) is 17.2 Å². The van der Waals surface area contributed by atoms with Gasteiger partial charge in [-0.1, -0.05) is 6.07 Å². The average molecular weight is 801 g/mol. The van der Waals surface area contributed by atoms with Gasteiger partial charge in [-0.15, -0.1) is 0 Å². The number of rotatable bonds is 11. The molecule has 46 heavy (non-hydrogen) atoms. The zero-order chi connectivity index (χ0) is 31.2. The number of fused-ring (bicyclic) bond motifs is 1. The van der Waals surface area contributed by atoms with Crippen molar-refractivity contribution in [3.63, 3.8) is 0 Å². The van der Waals surface area contributed by atoms with Crippen LogP contribution in [-0.2, 0) is 62.6 Å². The molecule has 0 fully saturated rings. The van der Waals surface area contributed by atoms with Crippen molar-refractivity contribution in [3.8, 4) is 28.7 Å². The van der Waals surface area contributed by atoms with Gasteiger partial charge in [-0.3, -0.25) is 4.18 Å². The van der Waals surface area contributed by atoms with Crippen LogP contribution in [0.5, 0.6) is 28.7 Å². The molecule has 0 saturated carbocycles. The maximum Gasteiger partial charge on any atom is 1.00 e. The third-order valence-electron chi connectivity index (χ3n) is 4.45. The molecule has 0 radical (unpaired) electrons. The van der Waals surface area contributed by atoms with Gasteiger partial charge in [-0.2, -0.15) is 0 Å². The third-order valence-corrected chi connectivity index (χ3v) is 6.48. The van der Waals surface area contributed by atoms with E-state index in [2.05, 4.69) is 20.9 Å². The van der Waals surface area contributed by atoms with Crippen LogP contribution in [0.25, 0.3) is 0 Å². The topological polar surface area (TPSA) is 341 Å². The monoisotopic (exact) mass is 800 g/mol. The van der Waals surface area contributed by atoms with E-state index in [1.54, 1.807) is 0 Å². The second-order valence-electron chi connectivity index (χ2n) is 7.36. The Balaban J connectivity index is -0.00000370. The van der Waals surface area contributed by atoms with Gasteiger partial charge in [0.05, 0.1) is 0 Å². The summed E-state index contributed by atoms with van der Waals surface area (Å²) in [6.45, 7) is 0. The van der Waals surface area contributed by atoms with Gasteiger partial charge in [-0.25, -0.2) is 42.1 Å². The number of ether oxygens (including phenoxy) is 1. The minimum atomic E-state index is -5.69. The molecule has 1 aliphatic rings. The molecule has 0 unspecified atom stereocenters. The predicted octanol–water partition coefficient (Wildman–Crippen LogP) is -17.4. The fourth-order valence-electron chi connectivity index (χ4n) is 3.35. The van der Waals surface area contributed by atoms with Crippen molar-refractivity contribution in [1.29, 1.82) is 0 Å². The van der Waals surface area contributed by atoms with Gasteiger partial charge >= 0.3 is 148 Å². The van der Waals surface area contributed by atoms with Crippen LogP contribution in [0.3, 0.4) is 0 Å². The van der Waals surface area contributed by atoms with E-state index >= 15 is 0 Å². The molecule has 3 rings (SSSR count). The quantitative estimate of drug-likeness (QED) is 0.116. The van der Waals surface area contributed by atoms with E-state index in [1.165, 1.54) is 0 Å². The number of hydrogen-bond donors (Lipinski definition) is 0. The van der Waals surface area contributed by atoms with E-state index in [4.69, 9.17) is 4.74 Å². The van der Waals surface area contributed by atoms with Crippen LogP contribution in [0.15, 0.2) is 30.3 Å². The molecular formula is C15H9Na5O21S5. The second kappa shape index (κ2) is 19.7. The summed E-state index contributed by atoms with van der Waals surface area (Å²) in [5.74, 6) is -5.21. The molecular weight excluding hydrogens is 791 g/mol. The van der Waals surface area contributed by atoms with Crippen LogP contribution in [0, 0.1) is 0 Å². The zero-order valence-electron chi connectivity index (χ0n) is 23.9. The van der Waals surface area contributed by atoms with Gasteiger partial charge in [-0.05, 0) is 17.7 Å². The average Bonchev–Trinajstić information content (AvgIpc) is 2.69. The van der Waals surface area contributed by atoms with E-state index in [0.29, 0.717) is 24.3 Å². The van der Waals surface area contributed by atoms with E-state index < -0.39 is 110 Å². The van der Waals surface area contributed by atoms with Crippen LogP contribution in [0.4, 0.5) is 0 Å². The molecule has 31 heteroatoms. The fraction of sp³-hybridized carbons (Fsp3) is 0.200. The zero-order valence-corrected chi connectivity index (χ0v) is 37.9. The van der Waals surface area contributed by atoms with E-state index in [1.807, 2.05) is 0 Å². The van der Waals surface area contributed by atoms with Gasteiger partial charge in [0.2, 0.25) is 10.4 Å². The molecule has 21 nitrogen and oxygen atoms in total. The van der Waals surface area contributed by atoms with Gasteiger partial charge in [0, 0.05) is 24.1 Å². The molecule has 0 aliphatic carbocycles. The molecule has 2 aromatic carbocycles. The maximum absolute atomic E-state index is 11.4. The van der Waals surface area contributed by atoms with Crippen molar-refractivity contribution in [2.75, 3.05) is 0 Å². The first-order valence-corrected chi connectivity index (χ1v) is 16.3. The molecule has 0 N–H and O–H groups in total. The van der Waals surface area contributed by atoms with E-state index in [-0.39, 0.29) is 148 Å². The first kappa shape index (κ1) is 52.3. The summed E-state index contributed by atoms with van der Waals surface area (Å²) < 4.78 is 193. The van der Waals surface area contributed by atoms with Gasteiger partial charge in [0.1, 0.15) is 17.6 Å². The Morgan fingerprint density at radius 1 is 0.565 bits per heavy atom. The van der Waals surface area contributed by atoms with Gasteiger partial charge in [0.15, 0.2) is 23.4 Å². The fourth-order valence-corrected chi connectivity index (χ4v) is 5.23. The normalized spacial score (nSPS) is 16.1. The number of benzene rings is 2. The minimum absolute atomic E-state index is 0. The molecule has 230 valence electrons. The summed E-state index contributed by atoms with van der Waals surface area (Å²) in [7, 11) is -28.1. The largest absolute Gasteiger partial charge is 1.00 e. The van der Waals surface area contributed by atoms with Crippen LogP contribution in [-0.4, -0.2) is 71.0 Å². The van der Waals surface area contributed by atoms with Crippen molar-refractivity contribution in [1.82, 2.24) is 0 Å². The molecule has 0 bridgehead atoms. The Hall–Kier alpha value is 1.95. The van der Waals surface area contributed by atoms with Gasteiger partial charge in [0.25, 0.3) is 41.6 Å². The molecule has 2 atom stereocenters. The summed E-state index contributed by atoms with van der Waals surface area (Å²) in [5, 5.41) is 0. The predicted molar refractivity (Wildman–Crippen MR) is 116 cm³/mol. The second-order valence-corrected chi connectivity index (χ2v) is 12.3. The molecule has 2 aromatic rings. The molecule has 0 spiro atoms. The van der Waals surface area contributed by atoms with Crippen LogP contribution >= 0.6 is 0 Å². The smallest absolute Gasteiger partial charge is 0.726 e. The van der Waals surface area contributed by atoms with Crippen LogP contribution < -0.4 is 169 Å². The Kier molecular flexibility index (Phi) is 22.4. The summed E-state index contributed by atoms with van der Waals surface area (Å²) >= 11 is 0. The van der Waals surface area contributed by atoms with Crippen molar-refractivity contribution in [2.45, 2.75) is 18.6 Å². The van der Waals surface area contributed by atoms with Crippen LogP contribution in [0.2, 0.25) is 0 Å². The van der Waals surface area contributed by atoms with E-state index in [9.17, 15) is 64.9 Å².